The van der Waals surface area contributed by atoms with Gasteiger partial charge in [0.25, 0.3) is 0 Å². The zero-order chi connectivity index (χ0) is 23.2. The Morgan fingerprint density at radius 2 is 1.71 bits per heavy atom. The van der Waals surface area contributed by atoms with Gasteiger partial charge in [-0.25, -0.2) is 9.97 Å². The second kappa shape index (κ2) is 8.29. The molecule has 0 aliphatic carbocycles. The summed E-state index contributed by atoms with van der Waals surface area (Å²) in [6, 6.07) is 17.0. The third kappa shape index (κ3) is 3.74. The maximum Gasteiger partial charge on any atom is 0.136 e. The maximum atomic E-state index is 4.93. The van der Waals surface area contributed by atoms with E-state index >= 15 is 0 Å². The summed E-state index contributed by atoms with van der Waals surface area (Å²) in [6.45, 7) is 1.95. The molecule has 35 heavy (non-hydrogen) atoms. The van der Waals surface area contributed by atoms with Gasteiger partial charge in [-0.2, -0.15) is 0 Å². The Morgan fingerprint density at radius 1 is 0.829 bits per heavy atom. The van der Waals surface area contributed by atoms with Crippen molar-refractivity contribution in [2.45, 2.75) is 31.3 Å². The van der Waals surface area contributed by atoms with Gasteiger partial charge in [-0.1, -0.05) is 35.8 Å². The Balaban J connectivity index is 1.18. The lowest BCUT2D eigenvalue weighted by Gasteiger charge is -2.12. The average Bonchev–Trinajstić information content (AvgIpc) is 3.66. The molecule has 0 spiro atoms. The van der Waals surface area contributed by atoms with E-state index in [1.165, 1.54) is 6.42 Å². The number of rotatable bonds is 2. The van der Waals surface area contributed by atoms with Gasteiger partial charge < -0.3 is 15.3 Å². The van der Waals surface area contributed by atoms with Crippen molar-refractivity contribution < 1.29 is 0 Å². The fraction of sp³-hybridized carbons (Fsp3) is 0.241. The van der Waals surface area contributed by atoms with Crippen LogP contribution in [0.5, 0.6) is 0 Å². The molecule has 5 aromatic rings. The predicted octanol–water partition coefficient (Wildman–Crippen LogP) is 4.45. The lowest BCUT2D eigenvalue weighted by atomic mass is 10.1. The van der Waals surface area contributed by atoms with Gasteiger partial charge in [-0.05, 0) is 61.2 Å². The average molecular weight is 457 g/mol. The van der Waals surface area contributed by atoms with Crippen LogP contribution < -0.4 is 10.6 Å². The molecule has 170 valence electrons. The van der Waals surface area contributed by atoms with Crippen molar-refractivity contribution in [3.63, 3.8) is 0 Å². The predicted molar refractivity (Wildman–Crippen MR) is 139 cm³/mol. The molecule has 2 aliphatic heterocycles. The Hall–Kier alpha value is -4.10. The van der Waals surface area contributed by atoms with E-state index in [-0.39, 0.29) is 6.04 Å². The molecule has 2 aliphatic rings. The second-order valence-corrected chi connectivity index (χ2v) is 9.23. The monoisotopic (exact) mass is 456 g/mol. The van der Waals surface area contributed by atoms with Crippen LogP contribution in [0.4, 0.5) is 0 Å². The molecule has 6 nitrogen and oxygen atoms in total. The lowest BCUT2D eigenvalue weighted by molar-refractivity contribution is 0.607. The van der Waals surface area contributed by atoms with E-state index in [4.69, 9.17) is 9.97 Å². The summed E-state index contributed by atoms with van der Waals surface area (Å²) in [4.78, 5) is 16.6. The molecule has 3 aromatic carbocycles. The minimum Gasteiger partial charge on any atom is -0.341 e. The summed E-state index contributed by atoms with van der Waals surface area (Å²) in [5.74, 6) is 14.9. The van der Waals surface area contributed by atoms with Crippen LogP contribution in [0.2, 0.25) is 0 Å². The number of aromatic nitrogens is 4. The number of nitrogens with one attached hydrogen (secondary N) is 4. The first-order valence-electron chi connectivity index (χ1n) is 12.2. The highest BCUT2D eigenvalue weighted by Gasteiger charge is 2.20. The molecule has 6 heteroatoms. The number of fused-ring (bicyclic) bond motifs is 4. The third-order valence-electron chi connectivity index (χ3n) is 6.85. The van der Waals surface area contributed by atoms with E-state index < -0.39 is 0 Å². The van der Waals surface area contributed by atoms with E-state index in [1.54, 1.807) is 0 Å². The number of nitrogens with zero attached hydrogens (tertiary/aromatic N) is 2. The quantitative estimate of drug-likeness (QED) is 0.296. The Bertz CT molecular complexity index is 1710. The fourth-order valence-electron chi connectivity index (χ4n) is 5.04. The van der Waals surface area contributed by atoms with Crippen molar-refractivity contribution in [3.05, 3.63) is 71.3 Å². The second-order valence-electron chi connectivity index (χ2n) is 9.23. The Morgan fingerprint density at radius 3 is 2.57 bits per heavy atom. The van der Waals surface area contributed by atoms with Crippen molar-refractivity contribution >= 4 is 32.8 Å². The van der Waals surface area contributed by atoms with Crippen LogP contribution in [0.15, 0.2) is 48.5 Å². The number of hydrogen-bond acceptors (Lipinski definition) is 4. The standard InChI is InChI=1S/C29H24N6/c1-2-14-30-24(4-1)28-32-22-12-9-19(17-26(22)34-28)7-6-18-8-11-21-20(16-18)10-13-23-27(21)35-29(33-23)25-5-3-15-31-25/h8-13,16-17,24-25,30-31H,2-3,5,14-15H2,(H,32,34)(H,33,35). The molecule has 7 rings (SSSR count). The highest BCUT2D eigenvalue weighted by molar-refractivity contribution is 6.04. The van der Waals surface area contributed by atoms with Gasteiger partial charge in [0.2, 0.25) is 0 Å². The van der Waals surface area contributed by atoms with Crippen molar-refractivity contribution in [1.29, 1.82) is 0 Å². The normalized spacial score (nSPS) is 19.5. The van der Waals surface area contributed by atoms with Crippen LogP contribution in [0.25, 0.3) is 32.8 Å². The summed E-state index contributed by atoms with van der Waals surface area (Å²) in [5.41, 5.74) is 5.96. The summed E-state index contributed by atoms with van der Waals surface area (Å²) in [6.07, 6.45) is 3.22. The van der Waals surface area contributed by atoms with Crippen LogP contribution in [-0.4, -0.2) is 33.0 Å². The molecule has 0 saturated carbocycles. The van der Waals surface area contributed by atoms with Crippen LogP contribution in [0.3, 0.4) is 0 Å². The van der Waals surface area contributed by atoms with Crippen LogP contribution >= 0.6 is 0 Å². The topological polar surface area (TPSA) is 81.4 Å². The Kier molecular flexibility index (Phi) is 4.80. The SMILES string of the molecule is C1#CC(c2nc3ccc(C#Cc4ccc5c(ccc6[nH]c(C7CCCN7)nc65)c4)cc3[nH]2)NCC1. The molecular weight excluding hydrogens is 432 g/mol. The van der Waals surface area contributed by atoms with E-state index in [9.17, 15) is 0 Å². The van der Waals surface area contributed by atoms with Gasteiger partial charge in [0, 0.05) is 29.5 Å². The smallest absolute Gasteiger partial charge is 0.136 e. The summed E-state index contributed by atoms with van der Waals surface area (Å²) in [7, 11) is 0. The molecule has 0 bridgehead atoms. The van der Waals surface area contributed by atoms with E-state index in [2.05, 4.69) is 80.7 Å². The fourth-order valence-corrected chi connectivity index (χ4v) is 5.04. The van der Waals surface area contributed by atoms with Crippen LogP contribution in [-0.2, 0) is 0 Å². The van der Waals surface area contributed by atoms with Gasteiger partial charge in [-0.15, -0.1) is 0 Å². The first kappa shape index (κ1) is 20.3. The molecule has 0 radical (unpaired) electrons. The molecule has 2 unspecified atom stereocenters. The van der Waals surface area contributed by atoms with Crippen LogP contribution in [0.1, 0.15) is 54.1 Å². The lowest BCUT2D eigenvalue weighted by Crippen LogP contribution is -2.24. The molecule has 1 fully saturated rings. The first-order valence-corrected chi connectivity index (χ1v) is 12.2. The first-order chi connectivity index (χ1) is 17.3. The highest BCUT2D eigenvalue weighted by atomic mass is 15.0. The van der Waals surface area contributed by atoms with Crippen molar-refractivity contribution in [2.24, 2.45) is 0 Å². The number of aromatic amines is 2. The molecule has 4 heterocycles. The van der Waals surface area contributed by atoms with Crippen molar-refractivity contribution in [3.8, 4) is 23.7 Å². The van der Waals surface area contributed by atoms with E-state index in [0.717, 1.165) is 81.5 Å². The molecule has 1 saturated heterocycles. The molecule has 0 amide bonds. The number of imidazole rings is 2. The summed E-state index contributed by atoms with van der Waals surface area (Å²) >= 11 is 0. The minimum absolute atomic E-state index is 0.0326. The minimum atomic E-state index is -0.0326. The molecule has 4 N–H and O–H groups in total. The third-order valence-corrected chi connectivity index (χ3v) is 6.85. The largest absolute Gasteiger partial charge is 0.341 e. The Labute approximate surface area is 202 Å². The maximum absolute atomic E-state index is 4.93. The van der Waals surface area contributed by atoms with Gasteiger partial charge in [-0.3, -0.25) is 5.32 Å². The van der Waals surface area contributed by atoms with Gasteiger partial charge in [0.1, 0.15) is 17.7 Å². The zero-order valence-electron chi connectivity index (χ0n) is 19.2. The summed E-state index contributed by atoms with van der Waals surface area (Å²) in [5, 5.41) is 9.22. The number of H-pyrrole nitrogens is 2. The van der Waals surface area contributed by atoms with Crippen LogP contribution in [0, 0.1) is 23.7 Å². The van der Waals surface area contributed by atoms with Gasteiger partial charge >= 0.3 is 0 Å². The molecule has 2 aromatic heterocycles. The van der Waals surface area contributed by atoms with Crippen molar-refractivity contribution in [2.75, 3.05) is 13.1 Å². The molecular formula is C29H24N6. The van der Waals surface area contributed by atoms with Gasteiger partial charge in [0.05, 0.1) is 28.1 Å². The van der Waals surface area contributed by atoms with E-state index in [0.29, 0.717) is 6.04 Å². The van der Waals surface area contributed by atoms with E-state index in [1.807, 2.05) is 12.1 Å². The zero-order valence-corrected chi connectivity index (χ0v) is 19.2. The number of benzene rings is 3. The summed E-state index contributed by atoms with van der Waals surface area (Å²) < 4.78 is 0. The number of hydrogen-bond donors (Lipinski definition) is 4. The van der Waals surface area contributed by atoms with Crippen molar-refractivity contribution in [1.82, 2.24) is 30.6 Å². The highest BCUT2D eigenvalue weighted by Crippen LogP contribution is 2.28. The van der Waals surface area contributed by atoms with Gasteiger partial charge in [0.15, 0.2) is 0 Å². The molecule has 2 atom stereocenters.